The zero-order chi connectivity index (χ0) is 15.8. The molecule has 0 aliphatic heterocycles. The molecule has 116 valence electrons. The third-order valence-corrected chi connectivity index (χ3v) is 3.83. The van der Waals surface area contributed by atoms with E-state index in [1.807, 2.05) is 0 Å². The standard InChI is InChI=1S/C13H12F5NO2/c14-6-7(15)9(17)11(10(18)8(6)16)19-5-13(12(20)21)3-1-2-4-13/h19H,1-5H2,(H,20,21). The molecule has 0 heterocycles. The summed E-state index contributed by atoms with van der Waals surface area (Å²) in [4.78, 5) is 11.3. The Balaban J connectivity index is 2.30. The van der Waals surface area contributed by atoms with Crippen molar-refractivity contribution in [2.75, 3.05) is 11.9 Å². The maximum atomic E-state index is 13.5. The molecule has 1 saturated carbocycles. The molecule has 0 amide bonds. The largest absolute Gasteiger partial charge is 0.481 e. The van der Waals surface area contributed by atoms with Crippen LogP contribution in [-0.2, 0) is 4.79 Å². The van der Waals surface area contributed by atoms with Crippen LogP contribution in [0.25, 0.3) is 0 Å². The second-order valence-electron chi connectivity index (χ2n) is 5.09. The van der Waals surface area contributed by atoms with Gasteiger partial charge >= 0.3 is 5.97 Å². The Bertz CT molecular complexity index is 555. The highest BCUT2D eigenvalue weighted by atomic mass is 19.2. The van der Waals surface area contributed by atoms with Crippen LogP contribution in [0.5, 0.6) is 0 Å². The quantitative estimate of drug-likeness (QED) is 0.509. The van der Waals surface area contributed by atoms with Gasteiger partial charge in [0.05, 0.1) is 5.41 Å². The third kappa shape index (κ3) is 2.54. The molecule has 2 rings (SSSR count). The van der Waals surface area contributed by atoms with Crippen molar-refractivity contribution in [2.45, 2.75) is 25.7 Å². The van der Waals surface area contributed by atoms with Crippen LogP contribution in [-0.4, -0.2) is 17.6 Å². The lowest BCUT2D eigenvalue weighted by atomic mass is 9.86. The molecule has 1 fully saturated rings. The normalized spacial score (nSPS) is 17.0. The van der Waals surface area contributed by atoms with Gasteiger partial charge in [0, 0.05) is 6.54 Å². The molecule has 2 N–H and O–H groups in total. The number of hydrogen-bond donors (Lipinski definition) is 2. The van der Waals surface area contributed by atoms with Gasteiger partial charge in [0.2, 0.25) is 5.82 Å². The van der Waals surface area contributed by atoms with Crippen LogP contribution < -0.4 is 5.32 Å². The first kappa shape index (κ1) is 15.5. The van der Waals surface area contributed by atoms with E-state index in [1.165, 1.54) is 0 Å². The maximum Gasteiger partial charge on any atom is 0.311 e. The lowest BCUT2D eigenvalue weighted by Crippen LogP contribution is -2.35. The average molecular weight is 309 g/mol. The van der Waals surface area contributed by atoms with Gasteiger partial charge in [0.25, 0.3) is 0 Å². The fraction of sp³-hybridized carbons (Fsp3) is 0.462. The van der Waals surface area contributed by atoms with Crippen molar-refractivity contribution in [3.63, 3.8) is 0 Å². The van der Waals surface area contributed by atoms with Crippen molar-refractivity contribution in [1.82, 2.24) is 0 Å². The predicted molar refractivity (Wildman–Crippen MR) is 63.3 cm³/mol. The summed E-state index contributed by atoms with van der Waals surface area (Å²) in [7, 11) is 0. The van der Waals surface area contributed by atoms with Crippen LogP contribution in [0.2, 0.25) is 0 Å². The number of anilines is 1. The molecule has 1 aliphatic rings. The van der Waals surface area contributed by atoms with Gasteiger partial charge in [-0.05, 0) is 12.8 Å². The molecule has 0 saturated heterocycles. The van der Waals surface area contributed by atoms with E-state index in [0.29, 0.717) is 12.8 Å². The lowest BCUT2D eigenvalue weighted by molar-refractivity contribution is -0.147. The molecule has 1 aliphatic carbocycles. The molecule has 1 aromatic rings. The van der Waals surface area contributed by atoms with Gasteiger partial charge in [0.1, 0.15) is 5.69 Å². The third-order valence-electron chi connectivity index (χ3n) is 3.83. The van der Waals surface area contributed by atoms with E-state index in [2.05, 4.69) is 5.32 Å². The number of nitrogens with one attached hydrogen (secondary N) is 1. The number of carboxylic acids is 1. The Morgan fingerprint density at radius 2 is 1.38 bits per heavy atom. The highest BCUT2D eigenvalue weighted by Gasteiger charge is 2.41. The number of benzene rings is 1. The summed E-state index contributed by atoms with van der Waals surface area (Å²) in [5.41, 5.74) is -2.45. The Hall–Kier alpha value is -1.86. The van der Waals surface area contributed by atoms with Crippen molar-refractivity contribution in [3.05, 3.63) is 29.1 Å². The van der Waals surface area contributed by atoms with E-state index in [-0.39, 0.29) is 12.8 Å². The van der Waals surface area contributed by atoms with Crippen LogP contribution in [0.15, 0.2) is 0 Å². The smallest absolute Gasteiger partial charge is 0.311 e. The minimum Gasteiger partial charge on any atom is -0.481 e. The maximum absolute atomic E-state index is 13.5. The lowest BCUT2D eigenvalue weighted by Gasteiger charge is -2.25. The summed E-state index contributed by atoms with van der Waals surface area (Å²) >= 11 is 0. The second kappa shape index (κ2) is 5.50. The molecule has 0 bridgehead atoms. The first-order valence-corrected chi connectivity index (χ1v) is 6.29. The summed E-state index contributed by atoms with van der Waals surface area (Å²) in [6.45, 7) is -0.402. The monoisotopic (exact) mass is 309 g/mol. The highest BCUT2D eigenvalue weighted by molar-refractivity contribution is 5.76. The van der Waals surface area contributed by atoms with Crippen LogP contribution >= 0.6 is 0 Å². The molecular formula is C13H12F5NO2. The summed E-state index contributed by atoms with van der Waals surface area (Å²) in [6, 6.07) is 0. The van der Waals surface area contributed by atoms with Gasteiger partial charge in [-0.15, -0.1) is 0 Å². The second-order valence-corrected chi connectivity index (χ2v) is 5.09. The zero-order valence-corrected chi connectivity index (χ0v) is 10.8. The zero-order valence-electron chi connectivity index (χ0n) is 10.8. The van der Waals surface area contributed by atoms with Gasteiger partial charge in [-0.25, -0.2) is 22.0 Å². The topological polar surface area (TPSA) is 49.3 Å². The molecule has 1 aromatic carbocycles. The van der Waals surface area contributed by atoms with Crippen molar-refractivity contribution >= 4 is 11.7 Å². The molecular weight excluding hydrogens is 297 g/mol. The van der Waals surface area contributed by atoms with E-state index < -0.39 is 52.7 Å². The average Bonchev–Trinajstić information content (AvgIpc) is 2.93. The van der Waals surface area contributed by atoms with Gasteiger partial charge < -0.3 is 10.4 Å². The summed E-state index contributed by atoms with van der Waals surface area (Å²) in [5.74, 6) is -11.5. The molecule has 0 aromatic heterocycles. The molecule has 0 unspecified atom stereocenters. The molecule has 21 heavy (non-hydrogen) atoms. The van der Waals surface area contributed by atoms with E-state index in [1.54, 1.807) is 0 Å². The van der Waals surface area contributed by atoms with Crippen LogP contribution in [0, 0.1) is 34.5 Å². The molecule has 0 atom stereocenters. The van der Waals surface area contributed by atoms with Crippen molar-refractivity contribution in [3.8, 4) is 0 Å². The minimum atomic E-state index is -2.25. The number of aliphatic carboxylic acids is 1. The first-order valence-electron chi connectivity index (χ1n) is 6.29. The fourth-order valence-corrected chi connectivity index (χ4v) is 2.54. The fourth-order valence-electron chi connectivity index (χ4n) is 2.54. The highest BCUT2D eigenvalue weighted by Crippen LogP contribution is 2.39. The number of rotatable bonds is 4. The minimum absolute atomic E-state index is 0.282. The van der Waals surface area contributed by atoms with Gasteiger partial charge in [-0.2, -0.15) is 0 Å². The van der Waals surface area contributed by atoms with Gasteiger partial charge in [0.15, 0.2) is 23.3 Å². The summed E-state index contributed by atoms with van der Waals surface area (Å²) in [6.07, 6.45) is 1.83. The van der Waals surface area contributed by atoms with Gasteiger partial charge in [-0.3, -0.25) is 4.79 Å². The van der Waals surface area contributed by atoms with Crippen molar-refractivity contribution < 1.29 is 31.9 Å². The SMILES string of the molecule is O=C(O)C1(CNc2c(F)c(F)c(F)c(F)c2F)CCCC1. The Kier molecular flexibility index (Phi) is 4.06. The number of carboxylic acid groups (broad SMARTS) is 1. The Labute approximate surface area is 116 Å². The van der Waals surface area contributed by atoms with E-state index in [9.17, 15) is 31.9 Å². The van der Waals surface area contributed by atoms with E-state index in [4.69, 9.17) is 0 Å². The molecule has 8 heteroatoms. The Morgan fingerprint density at radius 1 is 0.952 bits per heavy atom. The molecule has 0 radical (unpaired) electrons. The number of carbonyl (C=O) groups is 1. The molecule has 0 spiro atoms. The summed E-state index contributed by atoms with van der Waals surface area (Å²) < 4.78 is 65.9. The van der Waals surface area contributed by atoms with Crippen LogP contribution in [0.3, 0.4) is 0 Å². The van der Waals surface area contributed by atoms with Crippen molar-refractivity contribution in [2.24, 2.45) is 5.41 Å². The van der Waals surface area contributed by atoms with Crippen molar-refractivity contribution in [1.29, 1.82) is 0 Å². The first-order chi connectivity index (χ1) is 9.80. The summed E-state index contributed by atoms with van der Waals surface area (Å²) in [5, 5.41) is 11.3. The van der Waals surface area contributed by atoms with E-state index in [0.717, 1.165) is 0 Å². The Morgan fingerprint density at radius 3 is 1.81 bits per heavy atom. The predicted octanol–water partition coefficient (Wildman–Crippen LogP) is 3.44. The van der Waals surface area contributed by atoms with Crippen LogP contribution in [0.4, 0.5) is 27.6 Å². The van der Waals surface area contributed by atoms with E-state index >= 15 is 0 Å². The number of halogens is 5. The van der Waals surface area contributed by atoms with Crippen LogP contribution in [0.1, 0.15) is 25.7 Å². The van der Waals surface area contributed by atoms with Gasteiger partial charge in [-0.1, -0.05) is 12.8 Å². The molecule has 3 nitrogen and oxygen atoms in total. The number of hydrogen-bond acceptors (Lipinski definition) is 2.